The molecule has 0 heterocycles. The fraction of sp³-hybridized carbons (Fsp3) is 0.643. The zero-order chi connectivity index (χ0) is 13.5. The van der Waals surface area contributed by atoms with Gasteiger partial charge in [-0.05, 0) is 39.5 Å². The predicted molar refractivity (Wildman–Crippen MR) is 71.9 cm³/mol. The second-order valence-electron chi connectivity index (χ2n) is 5.32. The zero-order valence-electron chi connectivity index (χ0n) is 11.5. The minimum atomic E-state index is -0.396. The number of amides is 1. The average molecular weight is 239 g/mol. The molecule has 0 aliphatic carbocycles. The van der Waals surface area contributed by atoms with E-state index in [1.807, 2.05) is 33.8 Å². The van der Waals surface area contributed by atoms with Gasteiger partial charge in [0.25, 0.3) is 0 Å². The van der Waals surface area contributed by atoms with Crippen LogP contribution in [-0.2, 0) is 4.74 Å². The maximum atomic E-state index is 11.6. The number of hydrogen-bond donors (Lipinski definition) is 1. The van der Waals surface area contributed by atoms with Crippen LogP contribution in [0.4, 0.5) is 4.79 Å². The number of allylic oxidation sites excluding steroid dienone is 1. The van der Waals surface area contributed by atoms with Crippen LogP contribution in [0.3, 0.4) is 0 Å². The molecule has 0 aromatic carbocycles. The summed E-state index contributed by atoms with van der Waals surface area (Å²) in [6.07, 6.45) is 4.74. The topological polar surface area (TPSA) is 38.3 Å². The summed E-state index contributed by atoms with van der Waals surface area (Å²) in [5.74, 6) is 0.246. The molecule has 3 nitrogen and oxygen atoms in total. The second kappa shape index (κ2) is 7.15. The first-order chi connectivity index (χ1) is 7.80. The van der Waals surface area contributed by atoms with E-state index in [2.05, 4.69) is 18.5 Å². The molecule has 0 saturated carbocycles. The Morgan fingerprint density at radius 3 is 2.41 bits per heavy atom. The van der Waals surface area contributed by atoms with Crippen molar-refractivity contribution in [1.82, 2.24) is 5.32 Å². The van der Waals surface area contributed by atoms with Gasteiger partial charge in [-0.2, -0.15) is 0 Å². The summed E-state index contributed by atoms with van der Waals surface area (Å²) in [7, 11) is 0. The van der Waals surface area contributed by atoms with Crippen LogP contribution in [0, 0.1) is 5.92 Å². The van der Waals surface area contributed by atoms with E-state index in [0.717, 1.165) is 12.8 Å². The number of carbonyl (C=O) groups is 1. The predicted octanol–water partition coefficient (Wildman–Crippen LogP) is 3.67. The molecule has 0 aliphatic heterocycles. The summed E-state index contributed by atoms with van der Waals surface area (Å²) in [6, 6.07) is 0. The SMILES string of the molecule is C=CCC[C@H](C)[C@H](C=C)OC(=O)NC(C)(C)C. The monoisotopic (exact) mass is 239 g/mol. The van der Waals surface area contributed by atoms with Crippen molar-refractivity contribution < 1.29 is 9.53 Å². The van der Waals surface area contributed by atoms with Gasteiger partial charge in [0.1, 0.15) is 6.10 Å². The molecule has 0 spiro atoms. The molecular weight excluding hydrogens is 214 g/mol. The minimum absolute atomic E-state index is 0.246. The summed E-state index contributed by atoms with van der Waals surface area (Å²) < 4.78 is 5.33. The summed E-state index contributed by atoms with van der Waals surface area (Å²) in [6.45, 7) is 15.2. The Morgan fingerprint density at radius 1 is 1.41 bits per heavy atom. The molecule has 0 rings (SSSR count). The fourth-order valence-corrected chi connectivity index (χ4v) is 1.40. The summed E-state index contributed by atoms with van der Waals surface area (Å²) >= 11 is 0. The molecule has 0 fully saturated rings. The normalized spacial score (nSPS) is 14.6. The Bertz CT molecular complexity index is 266. The summed E-state index contributed by atoms with van der Waals surface area (Å²) in [5.41, 5.74) is -0.285. The number of nitrogens with one attached hydrogen (secondary N) is 1. The number of hydrogen-bond acceptors (Lipinski definition) is 2. The van der Waals surface area contributed by atoms with E-state index >= 15 is 0 Å². The molecule has 0 radical (unpaired) electrons. The van der Waals surface area contributed by atoms with Crippen LogP contribution in [0.15, 0.2) is 25.3 Å². The lowest BCUT2D eigenvalue weighted by atomic mass is 9.99. The van der Waals surface area contributed by atoms with Crippen molar-refractivity contribution >= 4 is 6.09 Å². The van der Waals surface area contributed by atoms with Gasteiger partial charge in [-0.1, -0.05) is 25.7 Å². The lowest BCUT2D eigenvalue weighted by molar-refractivity contribution is 0.0853. The molecule has 0 aromatic rings. The van der Waals surface area contributed by atoms with Crippen LogP contribution in [0.2, 0.25) is 0 Å². The molecule has 0 bridgehead atoms. The third-order valence-corrected chi connectivity index (χ3v) is 2.34. The van der Waals surface area contributed by atoms with E-state index in [-0.39, 0.29) is 17.6 Å². The third-order valence-electron chi connectivity index (χ3n) is 2.34. The Kier molecular flexibility index (Phi) is 6.62. The van der Waals surface area contributed by atoms with Crippen LogP contribution >= 0.6 is 0 Å². The largest absolute Gasteiger partial charge is 0.442 e. The van der Waals surface area contributed by atoms with Gasteiger partial charge in [-0.3, -0.25) is 0 Å². The van der Waals surface area contributed by atoms with Crippen LogP contribution in [0.5, 0.6) is 0 Å². The highest BCUT2D eigenvalue weighted by Crippen LogP contribution is 2.16. The van der Waals surface area contributed by atoms with E-state index < -0.39 is 6.09 Å². The van der Waals surface area contributed by atoms with Gasteiger partial charge in [-0.25, -0.2) is 4.79 Å². The highest BCUT2D eigenvalue weighted by atomic mass is 16.6. The standard InChI is InChI=1S/C14H25NO2/c1-7-9-10-11(3)12(8-2)17-13(16)15-14(4,5)6/h7-8,11-12H,1-2,9-10H2,3-6H3,(H,15,16)/t11-,12-/m0/s1. The molecule has 0 unspecified atom stereocenters. The van der Waals surface area contributed by atoms with Crippen molar-refractivity contribution in [2.24, 2.45) is 5.92 Å². The van der Waals surface area contributed by atoms with E-state index in [4.69, 9.17) is 4.74 Å². The fourth-order valence-electron chi connectivity index (χ4n) is 1.40. The van der Waals surface area contributed by atoms with Crippen molar-refractivity contribution in [1.29, 1.82) is 0 Å². The van der Waals surface area contributed by atoms with Crippen LogP contribution in [-0.4, -0.2) is 17.7 Å². The Balaban J connectivity index is 4.25. The lowest BCUT2D eigenvalue weighted by Crippen LogP contribution is -2.42. The highest BCUT2D eigenvalue weighted by molar-refractivity contribution is 5.68. The molecule has 0 aliphatic rings. The smallest absolute Gasteiger partial charge is 0.408 e. The number of rotatable bonds is 6. The molecule has 17 heavy (non-hydrogen) atoms. The van der Waals surface area contributed by atoms with Gasteiger partial charge in [0.2, 0.25) is 0 Å². The highest BCUT2D eigenvalue weighted by Gasteiger charge is 2.21. The maximum absolute atomic E-state index is 11.6. The van der Waals surface area contributed by atoms with Crippen LogP contribution in [0.25, 0.3) is 0 Å². The van der Waals surface area contributed by atoms with Crippen molar-refractivity contribution in [2.45, 2.75) is 52.2 Å². The molecule has 2 atom stereocenters. The average Bonchev–Trinajstić information content (AvgIpc) is 2.19. The van der Waals surface area contributed by atoms with Crippen molar-refractivity contribution in [2.75, 3.05) is 0 Å². The first kappa shape index (κ1) is 15.8. The van der Waals surface area contributed by atoms with Crippen molar-refractivity contribution in [3.8, 4) is 0 Å². The molecule has 0 aromatic heterocycles. The van der Waals surface area contributed by atoms with Gasteiger partial charge in [0.05, 0.1) is 0 Å². The molecule has 1 N–H and O–H groups in total. The lowest BCUT2D eigenvalue weighted by Gasteiger charge is -2.25. The number of carbonyl (C=O) groups excluding carboxylic acids is 1. The van der Waals surface area contributed by atoms with Crippen molar-refractivity contribution in [3.63, 3.8) is 0 Å². The Labute approximate surface area is 105 Å². The molecular formula is C14H25NO2. The molecule has 3 heteroatoms. The number of ether oxygens (including phenoxy) is 1. The summed E-state index contributed by atoms with van der Waals surface area (Å²) in [5, 5.41) is 2.77. The van der Waals surface area contributed by atoms with E-state index in [1.54, 1.807) is 6.08 Å². The zero-order valence-corrected chi connectivity index (χ0v) is 11.5. The van der Waals surface area contributed by atoms with Crippen LogP contribution in [0.1, 0.15) is 40.5 Å². The van der Waals surface area contributed by atoms with Gasteiger partial charge in [0, 0.05) is 5.54 Å². The number of alkyl carbamates (subject to hydrolysis) is 1. The van der Waals surface area contributed by atoms with Gasteiger partial charge in [-0.15, -0.1) is 6.58 Å². The first-order valence-electron chi connectivity index (χ1n) is 6.02. The van der Waals surface area contributed by atoms with Gasteiger partial charge in [0.15, 0.2) is 0 Å². The van der Waals surface area contributed by atoms with Gasteiger partial charge < -0.3 is 10.1 Å². The molecule has 0 saturated heterocycles. The maximum Gasteiger partial charge on any atom is 0.408 e. The van der Waals surface area contributed by atoms with E-state index in [0.29, 0.717) is 0 Å². The summed E-state index contributed by atoms with van der Waals surface area (Å²) in [4.78, 5) is 11.6. The van der Waals surface area contributed by atoms with E-state index in [1.165, 1.54) is 0 Å². The van der Waals surface area contributed by atoms with E-state index in [9.17, 15) is 4.79 Å². The second-order valence-corrected chi connectivity index (χ2v) is 5.32. The van der Waals surface area contributed by atoms with Crippen molar-refractivity contribution in [3.05, 3.63) is 25.3 Å². The molecule has 98 valence electrons. The third kappa shape index (κ3) is 7.61. The Morgan fingerprint density at radius 2 is 2.00 bits per heavy atom. The Hall–Kier alpha value is -1.25. The van der Waals surface area contributed by atoms with Gasteiger partial charge >= 0.3 is 6.09 Å². The van der Waals surface area contributed by atoms with Crippen LogP contribution < -0.4 is 5.32 Å². The first-order valence-corrected chi connectivity index (χ1v) is 6.02. The molecule has 1 amide bonds. The quantitative estimate of drug-likeness (QED) is 0.718. The minimum Gasteiger partial charge on any atom is -0.442 e.